The zero-order valence-corrected chi connectivity index (χ0v) is 13.3. The van der Waals surface area contributed by atoms with Gasteiger partial charge in [0, 0.05) is 18.5 Å². The lowest BCUT2D eigenvalue weighted by atomic mass is 10.0. The van der Waals surface area contributed by atoms with Gasteiger partial charge in [0.2, 0.25) is 11.8 Å². The van der Waals surface area contributed by atoms with E-state index in [9.17, 15) is 14.4 Å². The number of amides is 3. The number of hydrogen-bond acceptors (Lipinski definition) is 4. The van der Waals surface area contributed by atoms with Crippen molar-refractivity contribution in [2.24, 2.45) is 5.73 Å². The van der Waals surface area contributed by atoms with Crippen LogP contribution in [-0.2, 0) is 16.1 Å². The lowest BCUT2D eigenvalue weighted by Gasteiger charge is -2.29. The number of piperidine rings is 1. The average molecular weight is 305 g/mol. The summed E-state index contributed by atoms with van der Waals surface area (Å²) in [6.45, 7) is 4.45. The van der Waals surface area contributed by atoms with Crippen LogP contribution in [0.2, 0.25) is 0 Å². The highest BCUT2D eigenvalue weighted by atomic mass is 16.2. The molecule has 1 saturated heterocycles. The zero-order valence-electron chi connectivity index (χ0n) is 13.3. The zero-order chi connectivity index (χ0) is 16.7. The van der Waals surface area contributed by atoms with Gasteiger partial charge in [-0.2, -0.15) is 0 Å². The van der Waals surface area contributed by atoms with Crippen LogP contribution in [0.5, 0.6) is 0 Å². The summed E-state index contributed by atoms with van der Waals surface area (Å²) < 4.78 is 0. The molecule has 0 aromatic heterocycles. The van der Waals surface area contributed by atoms with Gasteiger partial charge in [-0.3, -0.25) is 19.7 Å². The van der Waals surface area contributed by atoms with E-state index in [1.54, 1.807) is 11.0 Å². The number of carbonyl (C=O) groups excluding carboxylic acids is 3. The number of benzene rings is 1. The fourth-order valence-corrected chi connectivity index (χ4v) is 2.51. The summed E-state index contributed by atoms with van der Waals surface area (Å²) in [7, 11) is 1.50. The average Bonchev–Trinajstić information content (AvgIpc) is 2.89. The van der Waals surface area contributed by atoms with Crippen molar-refractivity contribution in [3.8, 4) is 0 Å². The maximum atomic E-state index is 12.2. The van der Waals surface area contributed by atoms with Gasteiger partial charge in [-0.15, -0.1) is 0 Å². The first-order valence-corrected chi connectivity index (χ1v) is 7.47. The second-order valence-electron chi connectivity index (χ2n) is 4.56. The van der Waals surface area contributed by atoms with Crippen molar-refractivity contribution in [1.29, 1.82) is 0 Å². The summed E-state index contributed by atoms with van der Waals surface area (Å²) in [5.74, 6) is -0.757. The second kappa shape index (κ2) is 8.29. The molecular weight excluding hydrogens is 282 g/mol. The Morgan fingerprint density at radius 3 is 2.36 bits per heavy atom. The minimum Gasteiger partial charge on any atom is -0.333 e. The molecule has 1 unspecified atom stereocenters. The molecule has 6 heteroatoms. The van der Waals surface area contributed by atoms with Gasteiger partial charge < -0.3 is 10.6 Å². The molecule has 3 amide bonds. The standard InChI is InChI=1S/C13H12N2O3.C2H6.CH5N/c16-11-6-5-10(12(17)14-11)15-7-8-3-1-2-4-9(8)13(15)18;2*1-2/h1-4,10H,5-7H2,(H,14,16,17);1-2H3;2H2,1H3. The fraction of sp³-hybridized carbons (Fsp3) is 0.438. The SMILES string of the molecule is CC.CN.O=C1CCC(N2Cc3ccccc3C2=O)C(=O)N1. The Morgan fingerprint density at radius 2 is 1.77 bits per heavy atom. The van der Waals surface area contributed by atoms with Crippen molar-refractivity contribution >= 4 is 17.7 Å². The highest BCUT2D eigenvalue weighted by molar-refractivity contribution is 6.05. The predicted molar refractivity (Wildman–Crippen MR) is 83.9 cm³/mol. The minimum absolute atomic E-state index is 0.125. The van der Waals surface area contributed by atoms with E-state index in [2.05, 4.69) is 11.1 Å². The minimum atomic E-state index is -0.525. The van der Waals surface area contributed by atoms with Crippen molar-refractivity contribution in [3.05, 3.63) is 35.4 Å². The number of fused-ring (bicyclic) bond motifs is 1. The van der Waals surface area contributed by atoms with Gasteiger partial charge in [0.25, 0.3) is 5.91 Å². The molecule has 2 heterocycles. The molecule has 1 aromatic rings. The molecule has 1 aromatic carbocycles. The van der Waals surface area contributed by atoms with E-state index in [1.165, 1.54) is 7.05 Å². The van der Waals surface area contributed by atoms with Crippen molar-refractivity contribution in [2.45, 2.75) is 39.3 Å². The number of carbonyl (C=O) groups is 3. The normalized spacial score (nSPS) is 19.4. The molecule has 0 radical (unpaired) electrons. The van der Waals surface area contributed by atoms with E-state index < -0.39 is 6.04 Å². The van der Waals surface area contributed by atoms with Crippen LogP contribution in [0.4, 0.5) is 0 Å². The molecule has 1 atom stereocenters. The van der Waals surface area contributed by atoms with Crippen LogP contribution < -0.4 is 11.1 Å². The molecule has 0 bridgehead atoms. The lowest BCUT2D eigenvalue weighted by Crippen LogP contribution is -2.52. The Morgan fingerprint density at radius 1 is 1.14 bits per heavy atom. The van der Waals surface area contributed by atoms with Crippen LogP contribution in [0.15, 0.2) is 24.3 Å². The topological polar surface area (TPSA) is 92.5 Å². The van der Waals surface area contributed by atoms with Gasteiger partial charge in [0.05, 0.1) is 0 Å². The van der Waals surface area contributed by atoms with Crippen molar-refractivity contribution in [2.75, 3.05) is 7.05 Å². The van der Waals surface area contributed by atoms with E-state index in [0.717, 1.165) is 5.56 Å². The first-order valence-electron chi connectivity index (χ1n) is 7.47. The van der Waals surface area contributed by atoms with E-state index in [0.29, 0.717) is 18.5 Å². The molecule has 6 nitrogen and oxygen atoms in total. The molecular formula is C16H23N3O3. The van der Waals surface area contributed by atoms with Crippen LogP contribution in [-0.4, -0.2) is 35.7 Å². The van der Waals surface area contributed by atoms with E-state index in [4.69, 9.17) is 0 Å². The molecule has 2 aliphatic rings. The molecule has 0 aliphatic carbocycles. The lowest BCUT2D eigenvalue weighted by molar-refractivity contribution is -0.136. The fourth-order valence-electron chi connectivity index (χ4n) is 2.51. The number of imide groups is 1. The van der Waals surface area contributed by atoms with Gasteiger partial charge in [0.1, 0.15) is 6.04 Å². The summed E-state index contributed by atoms with van der Waals surface area (Å²) in [5.41, 5.74) is 6.09. The van der Waals surface area contributed by atoms with Gasteiger partial charge in [-0.1, -0.05) is 32.0 Å². The Labute approximate surface area is 130 Å². The van der Waals surface area contributed by atoms with E-state index >= 15 is 0 Å². The Bertz CT molecular complexity index is 557. The highest BCUT2D eigenvalue weighted by Gasteiger charge is 2.38. The second-order valence-corrected chi connectivity index (χ2v) is 4.56. The maximum Gasteiger partial charge on any atom is 0.255 e. The first-order chi connectivity index (χ1) is 10.7. The van der Waals surface area contributed by atoms with Crippen LogP contribution in [0, 0.1) is 0 Å². The number of hydrogen-bond donors (Lipinski definition) is 2. The Hall–Kier alpha value is -2.21. The Balaban J connectivity index is 0.000000561. The quantitative estimate of drug-likeness (QED) is 0.758. The summed E-state index contributed by atoms with van der Waals surface area (Å²) in [4.78, 5) is 36.6. The molecule has 3 N–H and O–H groups in total. The molecule has 0 spiro atoms. The molecule has 22 heavy (non-hydrogen) atoms. The van der Waals surface area contributed by atoms with Crippen LogP contribution in [0.1, 0.15) is 42.6 Å². The van der Waals surface area contributed by atoms with Crippen LogP contribution in [0.3, 0.4) is 0 Å². The molecule has 0 saturated carbocycles. The van der Waals surface area contributed by atoms with Crippen LogP contribution in [0.25, 0.3) is 0 Å². The summed E-state index contributed by atoms with van der Waals surface area (Å²) >= 11 is 0. The smallest absolute Gasteiger partial charge is 0.255 e. The maximum absolute atomic E-state index is 12.2. The molecule has 2 aliphatic heterocycles. The predicted octanol–water partition coefficient (Wildman–Crippen LogP) is 1.05. The Kier molecular flexibility index (Phi) is 6.72. The summed E-state index contributed by atoms with van der Waals surface area (Å²) in [6.07, 6.45) is 0.695. The molecule has 1 fully saturated rings. The highest BCUT2D eigenvalue weighted by Crippen LogP contribution is 2.26. The number of nitrogens with one attached hydrogen (secondary N) is 1. The van der Waals surface area contributed by atoms with E-state index in [-0.39, 0.29) is 24.1 Å². The number of nitrogens with zero attached hydrogens (tertiary/aromatic N) is 1. The summed E-state index contributed by atoms with van der Waals surface area (Å²) in [6, 6.07) is 6.82. The van der Waals surface area contributed by atoms with Gasteiger partial charge in [-0.25, -0.2) is 0 Å². The number of rotatable bonds is 1. The number of nitrogens with two attached hydrogens (primary N) is 1. The van der Waals surface area contributed by atoms with Crippen molar-refractivity contribution in [1.82, 2.24) is 10.2 Å². The van der Waals surface area contributed by atoms with E-state index in [1.807, 2.05) is 32.0 Å². The largest absolute Gasteiger partial charge is 0.333 e. The third kappa shape index (κ3) is 3.51. The van der Waals surface area contributed by atoms with Gasteiger partial charge in [-0.05, 0) is 25.1 Å². The van der Waals surface area contributed by atoms with Crippen molar-refractivity contribution in [3.63, 3.8) is 0 Å². The third-order valence-corrected chi connectivity index (χ3v) is 3.44. The summed E-state index contributed by atoms with van der Waals surface area (Å²) in [5, 5.41) is 2.28. The first kappa shape index (κ1) is 17.8. The monoisotopic (exact) mass is 305 g/mol. The molecule has 120 valence electrons. The molecule has 3 rings (SSSR count). The van der Waals surface area contributed by atoms with Crippen molar-refractivity contribution < 1.29 is 14.4 Å². The third-order valence-electron chi connectivity index (χ3n) is 3.44. The van der Waals surface area contributed by atoms with Gasteiger partial charge in [0.15, 0.2) is 0 Å². The van der Waals surface area contributed by atoms with Gasteiger partial charge >= 0.3 is 0 Å². The van der Waals surface area contributed by atoms with Crippen LogP contribution >= 0.6 is 0 Å².